The Balaban J connectivity index is 0.716. The summed E-state index contributed by atoms with van der Waals surface area (Å²) in [5, 5.41) is 20.6. The summed E-state index contributed by atoms with van der Waals surface area (Å²) in [6, 6.07) is 104. The van der Waals surface area contributed by atoms with E-state index in [0.29, 0.717) is 0 Å². The molecule has 0 heterocycles. The van der Waals surface area contributed by atoms with Gasteiger partial charge in [-0.3, -0.25) is 0 Å². The summed E-state index contributed by atoms with van der Waals surface area (Å²) in [5.74, 6) is 0. The fourth-order valence-electron chi connectivity index (χ4n) is 12.9. The van der Waals surface area contributed by atoms with E-state index in [1.54, 1.807) is 0 Å². The molecule has 0 aliphatic rings. The van der Waals surface area contributed by atoms with E-state index in [9.17, 15) is 0 Å². The molecule has 0 spiro atoms. The summed E-state index contributed by atoms with van der Waals surface area (Å²) in [6.07, 6.45) is 0. The number of rotatable bonds is 7. The molecule has 16 aromatic rings. The lowest BCUT2D eigenvalue weighted by molar-refractivity contribution is 1.58. The zero-order chi connectivity index (χ0) is 49.8. The summed E-state index contributed by atoms with van der Waals surface area (Å²) in [5.41, 5.74) is 17.2. The molecule has 0 aromatic heterocycles. The molecule has 0 aliphatic carbocycles. The zero-order valence-electron chi connectivity index (χ0n) is 41.6. The van der Waals surface area contributed by atoms with Crippen molar-refractivity contribution in [3.8, 4) is 77.9 Å². The third-order valence-electron chi connectivity index (χ3n) is 16.6. The molecule has 0 bridgehead atoms. The molecule has 16 rings (SSSR count). The van der Waals surface area contributed by atoms with Crippen LogP contribution in [0, 0.1) is 0 Å². The highest BCUT2D eigenvalue weighted by Crippen LogP contribution is 2.46. The van der Waals surface area contributed by atoms with Gasteiger partial charge in [0.25, 0.3) is 0 Å². The first-order valence-electron chi connectivity index (χ1n) is 26.5. The zero-order valence-corrected chi connectivity index (χ0v) is 41.6. The van der Waals surface area contributed by atoms with Gasteiger partial charge >= 0.3 is 0 Å². The van der Waals surface area contributed by atoms with Crippen LogP contribution in [0.25, 0.3) is 164 Å². The summed E-state index contributed by atoms with van der Waals surface area (Å²) in [6.45, 7) is 0. The highest BCUT2D eigenvalue weighted by atomic mass is 14.2. The molecule has 16 aromatic carbocycles. The molecule has 0 radical (unpaired) electrons. The molecule has 0 unspecified atom stereocenters. The van der Waals surface area contributed by atoms with Crippen molar-refractivity contribution in [3.05, 3.63) is 279 Å². The van der Waals surface area contributed by atoms with E-state index in [0.717, 1.165) is 0 Å². The standard InChI is InChI=1S/C76H46/c1-2-10-57-44-60(27-24-47(57)8-1)50-22-25-52(26-23-50)64-36-28-53-33-41-70-65(37-29-54-32-40-69(64)73(53)74(54)70)61-14-5-12-58(45-61)48-18-20-49(21-19-48)59-13-6-15-62(46-59)66-38-30-55-35-43-72-68(39-31-56-34-42-71(66)75(55)76(56)72)67-17-7-11-51-9-3-4-16-63(51)67/h1-46H. The Bertz CT molecular complexity index is 4950. The maximum absolute atomic E-state index is 2.36. The topological polar surface area (TPSA) is 0 Å². The van der Waals surface area contributed by atoms with Crippen molar-refractivity contribution < 1.29 is 0 Å². The van der Waals surface area contributed by atoms with E-state index in [2.05, 4.69) is 279 Å². The van der Waals surface area contributed by atoms with Gasteiger partial charge in [-0.25, -0.2) is 0 Å². The first kappa shape index (κ1) is 42.6. The van der Waals surface area contributed by atoms with Crippen molar-refractivity contribution in [2.45, 2.75) is 0 Å². The number of hydrogen-bond acceptors (Lipinski definition) is 0. The van der Waals surface area contributed by atoms with E-state index in [1.807, 2.05) is 0 Å². The maximum Gasteiger partial charge on any atom is -0.00203 e. The Morgan fingerprint density at radius 2 is 0.461 bits per heavy atom. The minimum absolute atomic E-state index is 1.20. The highest BCUT2D eigenvalue weighted by molar-refractivity contribution is 6.29. The number of hydrogen-bond donors (Lipinski definition) is 0. The number of benzene rings is 16. The van der Waals surface area contributed by atoms with Crippen molar-refractivity contribution in [1.82, 2.24) is 0 Å². The van der Waals surface area contributed by atoms with Gasteiger partial charge < -0.3 is 0 Å². The summed E-state index contributed by atoms with van der Waals surface area (Å²) >= 11 is 0. The van der Waals surface area contributed by atoms with Crippen molar-refractivity contribution in [2.24, 2.45) is 0 Å². The van der Waals surface area contributed by atoms with Crippen molar-refractivity contribution in [2.75, 3.05) is 0 Å². The third-order valence-corrected chi connectivity index (χ3v) is 16.6. The third kappa shape index (κ3) is 6.71. The Labute approximate surface area is 440 Å². The van der Waals surface area contributed by atoms with E-state index < -0.39 is 0 Å². The van der Waals surface area contributed by atoms with Gasteiger partial charge in [0.2, 0.25) is 0 Å². The van der Waals surface area contributed by atoms with E-state index in [1.165, 1.54) is 164 Å². The van der Waals surface area contributed by atoms with Gasteiger partial charge in [0.05, 0.1) is 0 Å². The Hall–Kier alpha value is -9.88. The van der Waals surface area contributed by atoms with Gasteiger partial charge in [0.1, 0.15) is 0 Å². The Morgan fingerprint density at radius 3 is 0.987 bits per heavy atom. The molecule has 350 valence electrons. The largest absolute Gasteiger partial charge is 0.0616 e. The Kier molecular flexibility index (Phi) is 9.44. The van der Waals surface area contributed by atoms with Crippen LogP contribution in [0.2, 0.25) is 0 Å². The maximum atomic E-state index is 2.36. The summed E-state index contributed by atoms with van der Waals surface area (Å²) in [7, 11) is 0. The van der Waals surface area contributed by atoms with Crippen molar-refractivity contribution in [3.63, 3.8) is 0 Å². The van der Waals surface area contributed by atoms with Crippen LogP contribution in [-0.4, -0.2) is 0 Å². The van der Waals surface area contributed by atoms with E-state index >= 15 is 0 Å². The highest BCUT2D eigenvalue weighted by Gasteiger charge is 2.18. The van der Waals surface area contributed by atoms with Crippen LogP contribution >= 0.6 is 0 Å². The van der Waals surface area contributed by atoms with Crippen molar-refractivity contribution >= 4 is 86.2 Å². The molecule has 0 heteroatoms. The predicted molar refractivity (Wildman–Crippen MR) is 327 cm³/mol. The Morgan fingerprint density at radius 1 is 0.132 bits per heavy atom. The minimum atomic E-state index is 1.20. The summed E-state index contributed by atoms with van der Waals surface area (Å²) < 4.78 is 0. The molecular formula is C76H46. The molecule has 0 amide bonds. The molecule has 0 saturated heterocycles. The van der Waals surface area contributed by atoms with Crippen LogP contribution < -0.4 is 0 Å². The number of fused-ring (bicyclic) bond motifs is 2. The lowest BCUT2D eigenvalue weighted by Crippen LogP contribution is -1.90. The van der Waals surface area contributed by atoms with Crippen LogP contribution in [-0.2, 0) is 0 Å². The van der Waals surface area contributed by atoms with Gasteiger partial charge in [0, 0.05) is 0 Å². The lowest BCUT2D eigenvalue weighted by Gasteiger charge is -2.17. The molecule has 0 fully saturated rings. The monoisotopic (exact) mass is 958 g/mol. The minimum Gasteiger partial charge on any atom is -0.0616 e. The van der Waals surface area contributed by atoms with Gasteiger partial charge in [-0.2, -0.15) is 0 Å². The molecule has 0 aliphatic heterocycles. The van der Waals surface area contributed by atoms with Gasteiger partial charge in [-0.15, -0.1) is 0 Å². The van der Waals surface area contributed by atoms with Crippen LogP contribution in [0.3, 0.4) is 0 Å². The summed E-state index contributed by atoms with van der Waals surface area (Å²) in [4.78, 5) is 0. The van der Waals surface area contributed by atoms with Crippen LogP contribution in [0.15, 0.2) is 279 Å². The average Bonchev–Trinajstić information content (AvgIpc) is 3.58. The first-order valence-corrected chi connectivity index (χ1v) is 26.5. The fraction of sp³-hybridized carbons (Fsp3) is 0. The second kappa shape index (κ2) is 16.8. The smallest absolute Gasteiger partial charge is 0.00203 e. The van der Waals surface area contributed by atoms with E-state index in [-0.39, 0.29) is 0 Å². The molecule has 0 N–H and O–H groups in total. The average molecular weight is 959 g/mol. The fourth-order valence-corrected chi connectivity index (χ4v) is 12.9. The van der Waals surface area contributed by atoms with Crippen molar-refractivity contribution in [1.29, 1.82) is 0 Å². The normalized spacial score (nSPS) is 11.9. The van der Waals surface area contributed by atoms with Gasteiger partial charge in [0.15, 0.2) is 0 Å². The molecular weight excluding hydrogens is 913 g/mol. The second-order valence-electron chi connectivity index (χ2n) is 20.7. The van der Waals surface area contributed by atoms with Gasteiger partial charge in [-0.05, 0) is 182 Å². The predicted octanol–water partition coefficient (Wildman–Crippen LogP) is 21.5. The second-order valence-corrected chi connectivity index (χ2v) is 20.7. The lowest BCUT2D eigenvalue weighted by atomic mass is 9.86. The molecule has 0 atom stereocenters. The van der Waals surface area contributed by atoms with Gasteiger partial charge in [-0.1, -0.05) is 261 Å². The first-order chi connectivity index (χ1) is 37.6. The molecule has 76 heavy (non-hydrogen) atoms. The SMILES string of the molecule is c1cc(-c2ccc(-c3cccc(-c4ccc5ccc6c(-c7cccc8ccccc78)ccc7ccc4c5c76)c3)cc2)cc(-c2ccc3ccc4c(-c5ccc(-c6ccc7ccccc7c6)cc5)ccc5ccc2c3c54)c1. The molecule has 0 saturated carbocycles. The van der Waals surface area contributed by atoms with E-state index in [4.69, 9.17) is 0 Å². The molecule has 0 nitrogen and oxygen atoms in total. The quantitative estimate of drug-likeness (QED) is 0.140. The van der Waals surface area contributed by atoms with Crippen LogP contribution in [0.1, 0.15) is 0 Å². The van der Waals surface area contributed by atoms with Crippen LogP contribution in [0.4, 0.5) is 0 Å². The van der Waals surface area contributed by atoms with Crippen LogP contribution in [0.5, 0.6) is 0 Å².